The second-order valence-electron chi connectivity index (χ2n) is 4.09. The van der Waals surface area contributed by atoms with E-state index in [0.29, 0.717) is 11.3 Å². The molecule has 0 bridgehead atoms. The number of pyridine rings is 1. The van der Waals surface area contributed by atoms with Gasteiger partial charge in [-0.15, -0.1) is 0 Å². The van der Waals surface area contributed by atoms with Gasteiger partial charge in [-0.25, -0.2) is 13.8 Å². The summed E-state index contributed by atoms with van der Waals surface area (Å²) in [5, 5.41) is 12.7. The summed E-state index contributed by atoms with van der Waals surface area (Å²) in [5.41, 5.74) is 0.726. The van der Waals surface area contributed by atoms with Gasteiger partial charge in [0.2, 0.25) is 5.82 Å². The lowest BCUT2D eigenvalue weighted by Gasteiger charge is -1.97. The van der Waals surface area contributed by atoms with Gasteiger partial charge in [-0.2, -0.15) is 10.2 Å². The van der Waals surface area contributed by atoms with Gasteiger partial charge in [0.15, 0.2) is 0 Å². The maximum atomic E-state index is 13.1. The van der Waals surface area contributed by atoms with E-state index >= 15 is 0 Å². The summed E-state index contributed by atoms with van der Waals surface area (Å²) in [6, 6.07) is 8.13. The van der Waals surface area contributed by atoms with Gasteiger partial charge in [0.05, 0.1) is 17.3 Å². The van der Waals surface area contributed by atoms with Crippen LogP contribution in [-0.2, 0) is 0 Å². The number of rotatable bonds is 2. The molecule has 0 amide bonds. The Morgan fingerprint density at radius 2 is 1.90 bits per heavy atom. The van der Waals surface area contributed by atoms with Crippen LogP contribution in [-0.4, -0.2) is 15.1 Å². The number of nitriles is 1. The maximum Gasteiger partial charge on any atom is 0.259 e. The minimum absolute atomic E-state index is 0.0627. The third kappa shape index (κ3) is 2.47. The fraction of sp³-hybridized carbons (Fsp3) is 0. The fourth-order valence-electron chi connectivity index (χ4n) is 1.74. The van der Waals surface area contributed by atoms with Crippen molar-refractivity contribution < 1.29 is 13.3 Å². The SMILES string of the molecule is N#Cc1cc(F)ccc1-c1nc(-c2ccc(F)cn2)no1. The molecule has 0 saturated heterocycles. The average Bonchev–Trinajstić information content (AvgIpc) is 2.97. The predicted molar refractivity (Wildman–Crippen MR) is 67.6 cm³/mol. The largest absolute Gasteiger partial charge is 0.334 e. The van der Waals surface area contributed by atoms with Crippen LogP contribution in [0.2, 0.25) is 0 Å². The summed E-state index contributed by atoms with van der Waals surface area (Å²) in [6.07, 6.45) is 1.03. The van der Waals surface area contributed by atoms with E-state index in [-0.39, 0.29) is 17.3 Å². The molecule has 2 heterocycles. The van der Waals surface area contributed by atoms with Crippen LogP contribution in [0.4, 0.5) is 8.78 Å². The number of halogens is 2. The second-order valence-corrected chi connectivity index (χ2v) is 4.09. The second kappa shape index (κ2) is 5.09. The van der Waals surface area contributed by atoms with Gasteiger partial charge in [0.25, 0.3) is 5.89 Å². The molecule has 0 aliphatic heterocycles. The van der Waals surface area contributed by atoms with Crippen LogP contribution in [0.25, 0.3) is 23.0 Å². The lowest BCUT2D eigenvalue weighted by molar-refractivity contribution is 0.432. The molecular weight excluding hydrogens is 278 g/mol. The van der Waals surface area contributed by atoms with E-state index in [9.17, 15) is 8.78 Å². The van der Waals surface area contributed by atoms with E-state index in [2.05, 4.69) is 15.1 Å². The summed E-state index contributed by atoms with van der Waals surface area (Å²) in [6.45, 7) is 0. The molecule has 1 aromatic carbocycles. The Balaban J connectivity index is 2.03. The molecule has 0 spiro atoms. The van der Waals surface area contributed by atoms with Crippen molar-refractivity contribution in [2.45, 2.75) is 0 Å². The Hall–Kier alpha value is -3.14. The Bertz CT molecular complexity index is 837. The number of hydrogen-bond donors (Lipinski definition) is 0. The summed E-state index contributed by atoms with van der Waals surface area (Å²) in [5.74, 6) is -0.797. The molecule has 3 rings (SSSR count). The van der Waals surface area contributed by atoms with Crippen LogP contribution in [0.15, 0.2) is 41.1 Å². The van der Waals surface area contributed by atoms with E-state index in [1.54, 1.807) is 0 Å². The number of nitrogens with zero attached hydrogens (tertiary/aromatic N) is 4. The Labute approximate surface area is 117 Å². The first-order valence-electron chi connectivity index (χ1n) is 5.83. The lowest BCUT2D eigenvalue weighted by atomic mass is 10.1. The zero-order chi connectivity index (χ0) is 14.8. The highest BCUT2D eigenvalue weighted by molar-refractivity contribution is 5.64. The van der Waals surface area contributed by atoms with Gasteiger partial charge in [-0.05, 0) is 30.3 Å². The molecule has 2 aromatic heterocycles. The molecule has 3 aromatic rings. The van der Waals surface area contributed by atoms with Crippen LogP contribution in [0.5, 0.6) is 0 Å². The monoisotopic (exact) mass is 284 g/mol. The molecule has 102 valence electrons. The topological polar surface area (TPSA) is 75.6 Å². The first-order chi connectivity index (χ1) is 10.2. The van der Waals surface area contributed by atoms with Crippen molar-refractivity contribution in [3.8, 4) is 29.0 Å². The quantitative estimate of drug-likeness (QED) is 0.723. The smallest absolute Gasteiger partial charge is 0.259 e. The van der Waals surface area contributed by atoms with Gasteiger partial charge in [-0.3, -0.25) is 0 Å². The van der Waals surface area contributed by atoms with E-state index < -0.39 is 11.6 Å². The number of hydrogen-bond acceptors (Lipinski definition) is 5. The maximum absolute atomic E-state index is 13.1. The molecule has 0 radical (unpaired) electrons. The summed E-state index contributed by atoms with van der Waals surface area (Å²) < 4.78 is 31.0. The Morgan fingerprint density at radius 3 is 2.62 bits per heavy atom. The summed E-state index contributed by atoms with van der Waals surface area (Å²) in [7, 11) is 0. The molecule has 5 nitrogen and oxygen atoms in total. The van der Waals surface area contributed by atoms with E-state index in [0.717, 1.165) is 12.3 Å². The van der Waals surface area contributed by atoms with Gasteiger partial charge >= 0.3 is 0 Å². The molecule has 0 aliphatic rings. The van der Waals surface area contributed by atoms with Crippen molar-refractivity contribution >= 4 is 0 Å². The fourth-order valence-corrected chi connectivity index (χ4v) is 1.74. The molecule has 0 aliphatic carbocycles. The van der Waals surface area contributed by atoms with Gasteiger partial charge in [-0.1, -0.05) is 5.16 Å². The molecule has 0 fully saturated rings. The van der Waals surface area contributed by atoms with Crippen molar-refractivity contribution in [3.05, 3.63) is 53.7 Å². The predicted octanol–water partition coefficient (Wildman–Crippen LogP) is 2.95. The molecule has 0 unspecified atom stereocenters. The zero-order valence-corrected chi connectivity index (χ0v) is 10.4. The molecule has 21 heavy (non-hydrogen) atoms. The van der Waals surface area contributed by atoms with Crippen LogP contribution >= 0.6 is 0 Å². The highest BCUT2D eigenvalue weighted by Gasteiger charge is 2.15. The van der Waals surface area contributed by atoms with Crippen molar-refractivity contribution in [3.63, 3.8) is 0 Å². The van der Waals surface area contributed by atoms with Crippen LogP contribution in [0.3, 0.4) is 0 Å². The first-order valence-corrected chi connectivity index (χ1v) is 5.83. The third-order valence-corrected chi connectivity index (χ3v) is 2.71. The van der Waals surface area contributed by atoms with Crippen molar-refractivity contribution in [1.82, 2.24) is 15.1 Å². The van der Waals surface area contributed by atoms with Crippen LogP contribution in [0, 0.1) is 23.0 Å². The van der Waals surface area contributed by atoms with Crippen molar-refractivity contribution in [1.29, 1.82) is 5.26 Å². The third-order valence-electron chi connectivity index (χ3n) is 2.71. The first kappa shape index (κ1) is 12.9. The standard InChI is InChI=1S/C14H6F2N4O/c15-9-1-3-11(8(5-9)6-17)14-19-13(20-21-14)12-4-2-10(16)7-18-12/h1-5,7H. The van der Waals surface area contributed by atoms with Crippen LogP contribution in [0.1, 0.15) is 5.56 Å². The Morgan fingerprint density at radius 1 is 1.10 bits per heavy atom. The van der Waals surface area contributed by atoms with Crippen LogP contribution < -0.4 is 0 Å². The van der Waals surface area contributed by atoms with Gasteiger partial charge in [0.1, 0.15) is 23.4 Å². The van der Waals surface area contributed by atoms with E-state index in [1.807, 2.05) is 6.07 Å². The van der Waals surface area contributed by atoms with Crippen molar-refractivity contribution in [2.75, 3.05) is 0 Å². The highest BCUT2D eigenvalue weighted by Crippen LogP contribution is 2.24. The minimum atomic E-state index is -0.532. The van der Waals surface area contributed by atoms with Gasteiger partial charge in [0, 0.05) is 0 Å². The molecule has 0 N–H and O–H groups in total. The lowest BCUT2D eigenvalue weighted by Crippen LogP contribution is -1.88. The zero-order valence-electron chi connectivity index (χ0n) is 10.4. The number of aromatic nitrogens is 3. The summed E-state index contributed by atoms with van der Waals surface area (Å²) in [4.78, 5) is 7.91. The number of benzene rings is 1. The van der Waals surface area contributed by atoms with E-state index in [4.69, 9.17) is 9.78 Å². The molecule has 7 heteroatoms. The highest BCUT2D eigenvalue weighted by atomic mass is 19.1. The van der Waals surface area contributed by atoms with Gasteiger partial charge < -0.3 is 4.52 Å². The molecular formula is C14H6F2N4O. The van der Waals surface area contributed by atoms with E-state index in [1.165, 1.54) is 24.3 Å². The molecule has 0 saturated carbocycles. The normalized spacial score (nSPS) is 10.3. The Kier molecular flexibility index (Phi) is 3.12. The summed E-state index contributed by atoms with van der Waals surface area (Å²) >= 11 is 0. The minimum Gasteiger partial charge on any atom is -0.334 e. The average molecular weight is 284 g/mol. The molecule has 0 atom stereocenters. The van der Waals surface area contributed by atoms with Crippen molar-refractivity contribution in [2.24, 2.45) is 0 Å².